The molecule has 1 N–H and O–H groups in total. The molecule has 1 aromatic rings. The van der Waals surface area contributed by atoms with Gasteiger partial charge >= 0.3 is 12.2 Å². The molecule has 0 saturated heterocycles. The second kappa shape index (κ2) is 5.85. The van der Waals surface area contributed by atoms with Crippen LogP contribution in [-0.2, 0) is 6.54 Å². The standard InChI is InChI=1S/C9H15F3N4O/c1-3-13-5-7-14-15-8(17-7)16(4-2)6-9(10,11)12/h13H,3-6H2,1-2H3. The van der Waals surface area contributed by atoms with Crippen molar-refractivity contribution < 1.29 is 17.6 Å². The summed E-state index contributed by atoms with van der Waals surface area (Å²) in [4.78, 5) is 0.989. The molecule has 1 rings (SSSR count). The second-order valence-electron chi connectivity index (χ2n) is 3.39. The van der Waals surface area contributed by atoms with Crippen LogP contribution in [0, 0.1) is 0 Å². The van der Waals surface area contributed by atoms with E-state index in [1.165, 1.54) is 0 Å². The third-order valence-electron chi connectivity index (χ3n) is 2.00. The topological polar surface area (TPSA) is 54.2 Å². The molecule has 0 fully saturated rings. The van der Waals surface area contributed by atoms with E-state index in [-0.39, 0.29) is 18.5 Å². The molecule has 1 aromatic heterocycles. The van der Waals surface area contributed by atoms with Crippen molar-refractivity contribution >= 4 is 6.01 Å². The van der Waals surface area contributed by atoms with Gasteiger partial charge in [0.1, 0.15) is 6.54 Å². The fraction of sp³-hybridized carbons (Fsp3) is 0.778. The molecule has 98 valence electrons. The summed E-state index contributed by atoms with van der Waals surface area (Å²) in [6.45, 7) is 3.64. The lowest BCUT2D eigenvalue weighted by Gasteiger charge is -2.19. The fourth-order valence-electron chi connectivity index (χ4n) is 1.21. The summed E-state index contributed by atoms with van der Waals surface area (Å²) < 4.78 is 41.9. The van der Waals surface area contributed by atoms with Crippen molar-refractivity contribution in [1.29, 1.82) is 0 Å². The Kier molecular flexibility index (Phi) is 4.73. The van der Waals surface area contributed by atoms with Crippen molar-refractivity contribution in [3.63, 3.8) is 0 Å². The summed E-state index contributed by atoms with van der Waals surface area (Å²) in [6, 6.07) is -0.0993. The average Bonchev–Trinajstić information content (AvgIpc) is 2.70. The van der Waals surface area contributed by atoms with Gasteiger partial charge in [0.2, 0.25) is 5.89 Å². The van der Waals surface area contributed by atoms with Crippen LogP contribution in [0.15, 0.2) is 4.42 Å². The van der Waals surface area contributed by atoms with E-state index in [0.29, 0.717) is 6.54 Å². The zero-order valence-corrected chi connectivity index (χ0v) is 9.71. The highest BCUT2D eigenvalue weighted by Crippen LogP contribution is 2.20. The first-order chi connectivity index (χ1) is 7.96. The summed E-state index contributed by atoms with van der Waals surface area (Å²) in [5, 5.41) is 10.2. The maximum atomic E-state index is 12.2. The molecular weight excluding hydrogens is 237 g/mol. The molecule has 0 unspecified atom stereocenters. The minimum atomic E-state index is -4.29. The van der Waals surface area contributed by atoms with Gasteiger partial charge in [0.25, 0.3) is 0 Å². The van der Waals surface area contributed by atoms with Crippen molar-refractivity contribution in [2.45, 2.75) is 26.6 Å². The van der Waals surface area contributed by atoms with Crippen LogP contribution >= 0.6 is 0 Å². The number of anilines is 1. The molecule has 0 amide bonds. The molecule has 5 nitrogen and oxygen atoms in total. The number of nitrogens with zero attached hydrogens (tertiary/aromatic N) is 3. The minimum absolute atomic E-state index is 0.0993. The smallest absolute Gasteiger partial charge is 0.406 e. The van der Waals surface area contributed by atoms with Crippen molar-refractivity contribution in [2.24, 2.45) is 0 Å². The second-order valence-corrected chi connectivity index (χ2v) is 3.39. The lowest BCUT2D eigenvalue weighted by Crippen LogP contribution is -2.34. The van der Waals surface area contributed by atoms with Crippen LogP contribution in [0.2, 0.25) is 0 Å². The van der Waals surface area contributed by atoms with Crippen molar-refractivity contribution in [1.82, 2.24) is 15.5 Å². The highest BCUT2D eigenvalue weighted by molar-refractivity contribution is 5.23. The Labute approximate surface area is 97.0 Å². The maximum absolute atomic E-state index is 12.2. The molecule has 0 aliphatic rings. The van der Waals surface area contributed by atoms with Crippen LogP contribution in [0.1, 0.15) is 19.7 Å². The van der Waals surface area contributed by atoms with E-state index in [1.807, 2.05) is 6.92 Å². The Hall–Kier alpha value is -1.31. The molecule has 0 bridgehead atoms. The van der Waals surface area contributed by atoms with E-state index in [9.17, 15) is 13.2 Å². The first-order valence-electron chi connectivity index (χ1n) is 5.31. The van der Waals surface area contributed by atoms with Crippen molar-refractivity contribution in [3.8, 4) is 0 Å². The highest BCUT2D eigenvalue weighted by Gasteiger charge is 2.32. The number of aromatic nitrogens is 2. The van der Waals surface area contributed by atoms with E-state index in [0.717, 1.165) is 11.4 Å². The van der Waals surface area contributed by atoms with Gasteiger partial charge in [-0.2, -0.15) is 13.2 Å². The SMILES string of the molecule is CCNCc1nnc(N(CC)CC(F)(F)F)o1. The van der Waals surface area contributed by atoms with E-state index in [2.05, 4.69) is 15.5 Å². The molecule has 0 saturated carbocycles. The van der Waals surface area contributed by atoms with Gasteiger partial charge < -0.3 is 14.6 Å². The van der Waals surface area contributed by atoms with Gasteiger partial charge in [-0.15, -0.1) is 5.10 Å². The van der Waals surface area contributed by atoms with Crippen molar-refractivity contribution in [2.75, 3.05) is 24.5 Å². The van der Waals surface area contributed by atoms with Crippen LogP contribution in [0.5, 0.6) is 0 Å². The summed E-state index contributed by atoms with van der Waals surface area (Å²) in [5.74, 6) is 0.280. The molecule has 0 aliphatic carbocycles. The van der Waals surface area contributed by atoms with E-state index < -0.39 is 12.7 Å². The highest BCUT2D eigenvalue weighted by atomic mass is 19.4. The Morgan fingerprint density at radius 1 is 1.29 bits per heavy atom. The normalized spacial score (nSPS) is 11.8. The zero-order valence-electron chi connectivity index (χ0n) is 9.71. The number of nitrogens with one attached hydrogen (secondary N) is 1. The van der Waals surface area contributed by atoms with Gasteiger partial charge in [-0.1, -0.05) is 12.0 Å². The van der Waals surface area contributed by atoms with E-state index in [4.69, 9.17) is 4.42 Å². The van der Waals surface area contributed by atoms with Gasteiger partial charge in [-0.25, -0.2) is 0 Å². The summed E-state index contributed by atoms with van der Waals surface area (Å²) in [5.41, 5.74) is 0. The zero-order chi connectivity index (χ0) is 12.9. The van der Waals surface area contributed by atoms with E-state index in [1.54, 1.807) is 6.92 Å². The van der Waals surface area contributed by atoms with Crippen LogP contribution < -0.4 is 10.2 Å². The average molecular weight is 252 g/mol. The van der Waals surface area contributed by atoms with Gasteiger partial charge in [-0.3, -0.25) is 0 Å². The molecule has 0 aliphatic heterocycles. The number of rotatable bonds is 6. The van der Waals surface area contributed by atoms with Crippen molar-refractivity contribution in [3.05, 3.63) is 5.89 Å². The first kappa shape index (κ1) is 13.8. The Morgan fingerprint density at radius 2 is 2.00 bits per heavy atom. The molecule has 8 heteroatoms. The fourth-order valence-corrected chi connectivity index (χ4v) is 1.21. The molecular formula is C9H15F3N4O. The summed E-state index contributed by atoms with van der Waals surface area (Å²) in [7, 11) is 0. The first-order valence-corrected chi connectivity index (χ1v) is 5.31. The predicted octanol–water partition coefficient (Wildman–Crippen LogP) is 1.57. The van der Waals surface area contributed by atoms with Crippen LogP contribution in [0.3, 0.4) is 0 Å². The van der Waals surface area contributed by atoms with Gasteiger partial charge in [-0.05, 0) is 13.5 Å². The maximum Gasteiger partial charge on any atom is 0.406 e. The Morgan fingerprint density at radius 3 is 2.53 bits per heavy atom. The Bertz CT molecular complexity index is 339. The van der Waals surface area contributed by atoms with Crippen LogP contribution in [-0.4, -0.2) is 36.0 Å². The van der Waals surface area contributed by atoms with E-state index >= 15 is 0 Å². The minimum Gasteiger partial charge on any atom is -0.407 e. The lowest BCUT2D eigenvalue weighted by molar-refractivity contribution is -0.120. The molecule has 0 aromatic carbocycles. The van der Waals surface area contributed by atoms with Gasteiger partial charge in [0.05, 0.1) is 6.54 Å². The van der Waals surface area contributed by atoms with Gasteiger partial charge in [0, 0.05) is 6.54 Å². The van der Waals surface area contributed by atoms with Crippen LogP contribution in [0.25, 0.3) is 0 Å². The predicted molar refractivity (Wildman–Crippen MR) is 55.6 cm³/mol. The number of hydrogen-bond donors (Lipinski definition) is 1. The Balaban J connectivity index is 2.65. The largest absolute Gasteiger partial charge is 0.407 e. The summed E-state index contributed by atoms with van der Waals surface area (Å²) >= 11 is 0. The lowest BCUT2D eigenvalue weighted by atomic mass is 10.5. The van der Waals surface area contributed by atoms with Gasteiger partial charge in [0.15, 0.2) is 0 Å². The third-order valence-corrected chi connectivity index (χ3v) is 2.00. The molecule has 1 heterocycles. The molecule has 0 spiro atoms. The number of hydrogen-bond acceptors (Lipinski definition) is 5. The third kappa shape index (κ3) is 4.59. The molecule has 17 heavy (non-hydrogen) atoms. The quantitative estimate of drug-likeness (QED) is 0.832. The molecule has 0 radical (unpaired) electrons. The molecule has 0 atom stereocenters. The number of halogens is 3. The summed E-state index contributed by atoms with van der Waals surface area (Å²) in [6.07, 6.45) is -4.29. The van der Waals surface area contributed by atoms with Crippen LogP contribution in [0.4, 0.5) is 19.2 Å². The monoisotopic (exact) mass is 252 g/mol. The number of alkyl halides is 3.